The van der Waals surface area contributed by atoms with E-state index in [0.29, 0.717) is 18.1 Å². The van der Waals surface area contributed by atoms with Gasteiger partial charge in [0.1, 0.15) is 0 Å². The number of esters is 2. The molecular formula is C17H19Cl3O4. The van der Waals surface area contributed by atoms with Crippen LogP contribution in [-0.2, 0) is 14.3 Å². The lowest BCUT2D eigenvalue weighted by atomic mass is 10.2. The maximum absolute atomic E-state index is 11.8. The van der Waals surface area contributed by atoms with Gasteiger partial charge in [0.2, 0.25) is 0 Å². The van der Waals surface area contributed by atoms with Gasteiger partial charge >= 0.3 is 11.9 Å². The first-order valence-corrected chi connectivity index (χ1v) is 8.69. The molecule has 24 heavy (non-hydrogen) atoms. The third kappa shape index (κ3) is 8.04. The summed E-state index contributed by atoms with van der Waals surface area (Å²) in [6.07, 6.45) is 6.16. The number of allylic oxidation sites excluding steroid dienone is 2. The topological polar surface area (TPSA) is 52.6 Å². The summed E-state index contributed by atoms with van der Waals surface area (Å²) in [6, 6.07) is 2.87. The average molecular weight is 394 g/mol. The second-order valence-corrected chi connectivity index (χ2v) is 6.21. The molecule has 0 unspecified atom stereocenters. The monoisotopic (exact) mass is 392 g/mol. The molecule has 0 atom stereocenters. The van der Waals surface area contributed by atoms with Gasteiger partial charge in [0.25, 0.3) is 0 Å². The van der Waals surface area contributed by atoms with Gasteiger partial charge in [0.05, 0.1) is 16.7 Å². The maximum atomic E-state index is 11.8. The Hall–Kier alpha value is -1.23. The molecule has 0 aliphatic rings. The van der Waals surface area contributed by atoms with Gasteiger partial charge in [-0.3, -0.25) is 9.59 Å². The van der Waals surface area contributed by atoms with Crippen molar-refractivity contribution in [3.63, 3.8) is 0 Å². The van der Waals surface area contributed by atoms with Crippen LogP contribution in [0.1, 0.15) is 39.0 Å². The van der Waals surface area contributed by atoms with Crippen molar-refractivity contribution >= 4 is 46.7 Å². The highest BCUT2D eigenvalue weighted by atomic mass is 35.5. The lowest BCUT2D eigenvalue weighted by Gasteiger charge is -2.08. The molecule has 0 saturated carbocycles. The van der Waals surface area contributed by atoms with Crippen molar-refractivity contribution in [3.05, 3.63) is 39.4 Å². The molecule has 0 bridgehead atoms. The van der Waals surface area contributed by atoms with E-state index in [0.717, 1.165) is 12.8 Å². The molecule has 0 fully saturated rings. The first-order chi connectivity index (χ1) is 11.4. The third-order valence-corrected chi connectivity index (χ3v) is 3.73. The highest BCUT2D eigenvalue weighted by Gasteiger charge is 2.14. The Morgan fingerprint density at radius 1 is 1.04 bits per heavy atom. The number of hydrogen-bond donors (Lipinski definition) is 0. The zero-order valence-electron chi connectivity index (χ0n) is 13.3. The second-order valence-electron chi connectivity index (χ2n) is 4.96. The molecule has 0 aliphatic heterocycles. The predicted molar refractivity (Wildman–Crippen MR) is 96.0 cm³/mol. The SMILES string of the molecule is C/C=C/CCCOC(=O)CCCC(=O)Oc1c(Cl)cc(Cl)cc1Cl. The summed E-state index contributed by atoms with van der Waals surface area (Å²) >= 11 is 17.6. The van der Waals surface area contributed by atoms with Crippen LogP contribution in [0.15, 0.2) is 24.3 Å². The molecule has 1 rings (SSSR count). The molecule has 1 aromatic rings. The fourth-order valence-electron chi connectivity index (χ4n) is 1.79. The van der Waals surface area contributed by atoms with Crippen molar-refractivity contribution in [2.45, 2.75) is 39.0 Å². The normalized spacial score (nSPS) is 10.8. The summed E-state index contributed by atoms with van der Waals surface area (Å²) in [7, 11) is 0. The Bertz CT molecular complexity index is 576. The standard InChI is InChI=1S/C17H19Cl3O4/c1-2-3-4-5-9-23-15(21)7-6-8-16(22)24-17-13(19)10-12(18)11-14(17)20/h2-3,10-11H,4-9H2,1H3/b3-2+. The number of ether oxygens (including phenoxy) is 2. The Labute approximate surface area is 156 Å². The van der Waals surface area contributed by atoms with E-state index in [4.69, 9.17) is 44.3 Å². The molecule has 0 spiro atoms. The summed E-state index contributed by atoms with van der Waals surface area (Å²) in [5.74, 6) is -0.785. The maximum Gasteiger partial charge on any atom is 0.311 e. The van der Waals surface area contributed by atoms with Crippen molar-refractivity contribution in [3.8, 4) is 5.75 Å². The summed E-state index contributed by atoms with van der Waals surface area (Å²) < 4.78 is 10.2. The first-order valence-electron chi connectivity index (χ1n) is 7.56. The number of rotatable bonds is 9. The van der Waals surface area contributed by atoms with E-state index in [2.05, 4.69) is 0 Å². The Morgan fingerprint density at radius 2 is 1.67 bits per heavy atom. The largest absolute Gasteiger partial charge is 0.466 e. The van der Waals surface area contributed by atoms with Gasteiger partial charge in [-0.1, -0.05) is 47.0 Å². The Balaban J connectivity index is 2.28. The molecule has 0 heterocycles. The molecular weight excluding hydrogens is 375 g/mol. The molecule has 0 radical (unpaired) electrons. The van der Waals surface area contributed by atoms with E-state index >= 15 is 0 Å². The van der Waals surface area contributed by atoms with Gasteiger partial charge in [-0.25, -0.2) is 0 Å². The quantitative estimate of drug-likeness (QED) is 0.236. The predicted octanol–water partition coefficient (Wildman–Crippen LogP) is 5.62. The van der Waals surface area contributed by atoms with Crippen molar-refractivity contribution in [1.82, 2.24) is 0 Å². The number of halogens is 3. The Morgan fingerprint density at radius 3 is 2.29 bits per heavy atom. The highest BCUT2D eigenvalue weighted by molar-refractivity contribution is 6.40. The molecule has 0 amide bonds. The second kappa shape index (κ2) is 11.3. The van der Waals surface area contributed by atoms with Gasteiger partial charge in [-0.05, 0) is 38.3 Å². The molecule has 4 nitrogen and oxygen atoms in total. The zero-order valence-corrected chi connectivity index (χ0v) is 15.6. The van der Waals surface area contributed by atoms with Crippen molar-refractivity contribution < 1.29 is 19.1 Å². The van der Waals surface area contributed by atoms with Crippen LogP contribution in [0.4, 0.5) is 0 Å². The van der Waals surface area contributed by atoms with E-state index in [9.17, 15) is 9.59 Å². The highest BCUT2D eigenvalue weighted by Crippen LogP contribution is 2.36. The minimum Gasteiger partial charge on any atom is -0.466 e. The average Bonchev–Trinajstić information content (AvgIpc) is 2.50. The molecule has 7 heteroatoms. The van der Waals surface area contributed by atoms with Crippen LogP contribution in [0, 0.1) is 0 Å². The van der Waals surface area contributed by atoms with Crippen LogP contribution in [0.2, 0.25) is 15.1 Å². The zero-order chi connectivity index (χ0) is 17.9. The van der Waals surface area contributed by atoms with Crippen molar-refractivity contribution in [2.24, 2.45) is 0 Å². The van der Waals surface area contributed by atoms with Crippen LogP contribution in [0.25, 0.3) is 0 Å². The fraction of sp³-hybridized carbons (Fsp3) is 0.412. The molecule has 0 N–H and O–H groups in total. The summed E-state index contributed by atoms with van der Waals surface area (Å²) in [5.41, 5.74) is 0. The van der Waals surface area contributed by atoms with Crippen LogP contribution >= 0.6 is 34.8 Å². The summed E-state index contributed by atoms with van der Waals surface area (Å²) in [5, 5.41) is 0.657. The van der Waals surface area contributed by atoms with Crippen LogP contribution in [0.3, 0.4) is 0 Å². The van der Waals surface area contributed by atoms with E-state index in [1.54, 1.807) is 0 Å². The third-order valence-electron chi connectivity index (χ3n) is 2.95. The van der Waals surface area contributed by atoms with Crippen molar-refractivity contribution in [1.29, 1.82) is 0 Å². The number of benzene rings is 1. The molecule has 132 valence electrons. The summed E-state index contributed by atoms with van der Waals surface area (Å²) in [4.78, 5) is 23.3. The number of carbonyl (C=O) groups excluding carboxylic acids is 2. The van der Waals surface area contributed by atoms with Gasteiger partial charge in [0.15, 0.2) is 5.75 Å². The van der Waals surface area contributed by atoms with Gasteiger partial charge < -0.3 is 9.47 Å². The molecule has 0 aromatic heterocycles. The first kappa shape index (κ1) is 20.8. The van der Waals surface area contributed by atoms with Gasteiger partial charge in [0, 0.05) is 17.9 Å². The van der Waals surface area contributed by atoms with Crippen LogP contribution in [-0.4, -0.2) is 18.5 Å². The minimum atomic E-state index is -0.526. The minimum absolute atomic E-state index is 0.0585. The molecule has 1 aromatic carbocycles. The van der Waals surface area contributed by atoms with Crippen molar-refractivity contribution in [2.75, 3.05) is 6.61 Å². The van der Waals surface area contributed by atoms with Crippen LogP contribution < -0.4 is 4.74 Å². The number of hydrogen-bond acceptors (Lipinski definition) is 4. The lowest BCUT2D eigenvalue weighted by Crippen LogP contribution is -2.11. The Kier molecular flexibility index (Phi) is 9.84. The van der Waals surface area contributed by atoms with Crippen LogP contribution in [0.5, 0.6) is 5.75 Å². The van der Waals surface area contributed by atoms with E-state index in [1.165, 1.54) is 12.1 Å². The van der Waals surface area contributed by atoms with Gasteiger partial charge in [-0.2, -0.15) is 0 Å². The lowest BCUT2D eigenvalue weighted by molar-refractivity contribution is -0.144. The molecule has 0 saturated heterocycles. The smallest absolute Gasteiger partial charge is 0.311 e. The van der Waals surface area contributed by atoms with Gasteiger partial charge in [-0.15, -0.1) is 0 Å². The fourth-order valence-corrected chi connectivity index (χ4v) is 2.69. The van der Waals surface area contributed by atoms with E-state index < -0.39 is 5.97 Å². The summed E-state index contributed by atoms with van der Waals surface area (Å²) in [6.45, 7) is 2.32. The van der Waals surface area contributed by atoms with E-state index in [1.807, 2.05) is 19.1 Å². The number of unbranched alkanes of at least 4 members (excludes halogenated alkanes) is 1. The molecule has 0 aliphatic carbocycles. The van der Waals surface area contributed by atoms with E-state index in [-0.39, 0.29) is 34.6 Å². The number of carbonyl (C=O) groups is 2.